The average Bonchev–Trinajstić information content (AvgIpc) is 2.14. The third-order valence-corrected chi connectivity index (χ3v) is 1.26. The fraction of sp³-hybridized carbons (Fsp3) is 0. The molecule has 0 saturated heterocycles. The quantitative estimate of drug-likeness (QED) is 0.455. The maximum Gasteiger partial charge on any atom is 0.166 e. The minimum Gasteiger partial charge on any atom is -0.236 e. The summed E-state index contributed by atoms with van der Waals surface area (Å²) < 4.78 is 0. The Kier molecular flexibility index (Phi) is 1.10. The Labute approximate surface area is 46.0 Å². The number of hydrogen-bond donors (Lipinski definition) is 0. The highest BCUT2D eigenvalue weighted by Crippen LogP contribution is 1.99. The molecule has 1 rings (SSSR count). The molecule has 1 nitrogen and oxygen atoms in total. The number of nitrogens with zero attached hydrogens (tertiary/aromatic N) is 1. The van der Waals surface area contributed by atoms with Crippen molar-refractivity contribution in [2.45, 2.75) is 0 Å². The molecule has 0 radical (unpaired) electrons. The first-order valence-corrected chi connectivity index (χ1v) is 2.67. The Balaban J connectivity index is 3.04. The largest absolute Gasteiger partial charge is 0.236 e. The van der Waals surface area contributed by atoms with Gasteiger partial charge in [-0.15, -0.1) is 17.8 Å². The standard InChI is InChI=1S/C5H3NS/c1-2-5-6-3-4-7-5/h1,3-4H. The molecule has 0 unspecified atom stereocenters. The molecule has 0 atom stereocenters. The van der Waals surface area contributed by atoms with E-state index in [1.54, 1.807) is 6.20 Å². The zero-order chi connectivity index (χ0) is 5.11. The van der Waals surface area contributed by atoms with Crippen molar-refractivity contribution in [2.24, 2.45) is 0 Å². The lowest BCUT2D eigenvalue weighted by Gasteiger charge is -1.65. The molecule has 0 N–H and O–H groups in total. The fourth-order valence-corrected chi connectivity index (χ4v) is 0.735. The third-order valence-electron chi connectivity index (χ3n) is 0.556. The number of hydrogen-bond acceptors (Lipinski definition) is 2. The van der Waals surface area contributed by atoms with Gasteiger partial charge in [0.15, 0.2) is 5.01 Å². The summed E-state index contributed by atoms with van der Waals surface area (Å²) >= 11 is 1.48. The van der Waals surface area contributed by atoms with Crippen LogP contribution in [-0.4, -0.2) is 4.98 Å². The second-order valence-electron chi connectivity index (χ2n) is 0.982. The van der Waals surface area contributed by atoms with Crippen LogP contribution in [0.5, 0.6) is 0 Å². The molecule has 0 aliphatic rings. The second-order valence-corrected chi connectivity index (χ2v) is 1.88. The van der Waals surface area contributed by atoms with Crippen molar-refractivity contribution in [1.82, 2.24) is 4.98 Å². The van der Waals surface area contributed by atoms with Gasteiger partial charge in [-0.25, -0.2) is 4.98 Å². The van der Waals surface area contributed by atoms with E-state index in [-0.39, 0.29) is 0 Å². The molecule has 0 aliphatic carbocycles. The van der Waals surface area contributed by atoms with Gasteiger partial charge < -0.3 is 0 Å². The Hall–Kier alpha value is -0.810. The zero-order valence-electron chi connectivity index (χ0n) is 3.59. The van der Waals surface area contributed by atoms with Crippen LogP contribution in [0.25, 0.3) is 0 Å². The number of aromatic nitrogens is 1. The van der Waals surface area contributed by atoms with Crippen LogP contribution in [0.2, 0.25) is 0 Å². The topological polar surface area (TPSA) is 12.9 Å². The van der Waals surface area contributed by atoms with Crippen LogP contribution in [0, 0.1) is 12.3 Å². The fourth-order valence-electron chi connectivity index (χ4n) is 0.295. The first-order valence-electron chi connectivity index (χ1n) is 1.79. The number of thiazole rings is 1. The van der Waals surface area contributed by atoms with Crippen LogP contribution in [-0.2, 0) is 0 Å². The number of terminal acetylenes is 1. The molecule has 34 valence electrons. The maximum absolute atomic E-state index is 4.99. The van der Waals surface area contributed by atoms with Crippen molar-refractivity contribution in [1.29, 1.82) is 0 Å². The van der Waals surface area contributed by atoms with Gasteiger partial charge >= 0.3 is 0 Å². The van der Waals surface area contributed by atoms with E-state index in [1.807, 2.05) is 5.38 Å². The van der Waals surface area contributed by atoms with Gasteiger partial charge in [-0.2, -0.15) is 0 Å². The van der Waals surface area contributed by atoms with Crippen LogP contribution < -0.4 is 0 Å². The van der Waals surface area contributed by atoms with Gasteiger partial charge in [0.25, 0.3) is 0 Å². The second kappa shape index (κ2) is 1.76. The summed E-state index contributed by atoms with van der Waals surface area (Å²) in [5.74, 6) is 2.41. The van der Waals surface area contributed by atoms with Gasteiger partial charge in [0.05, 0.1) is 0 Å². The molecule has 1 heterocycles. The molecule has 0 amide bonds. The van der Waals surface area contributed by atoms with Crippen molar-refractivity contribution < 1.29 is 0 Å². The molecule has 0 aliphatic heterocycles. The van der Waals surface area contributed by atoms with Crippen molar-refractivity contribution in [3.8, 4) is 12.3 Å². The van der Waals surface area contributed by atoms with Crippen LogP contribution in [0.4, 0.5) is 0 Å². The summed E-state index contributed by atoms with van der Waals surface area (Å²) in [5, 5.41) is 2.61. The minimum atomic E-state index is 0.750. The molecular weight excluding hydrogens is 106 g/mol. The van der Waals surface area contributed by atoms with Gasteiger partial charge in [-0.1, -0.05) is 0 Å². The van der Waals surface area contributed by atoms with Gasteiger partial charge in [0, 0.05) is 11.6 Å². The lowest BCUT2D eigenvalue weighted by atomic mass is 10.7. The van der Waals surface area contributed by atoms with Crippen molar-refractivity contribution in [3.05, 3.63) is 16.6 Å². The summed E-state index contributed by atoms with van der Waals surface area (Å²) in [6.45, 7) is 0. The number of rotatable bonds is 0. The van der Waals surface area contributed by atoms with E-state index in [4.69, 9.17) is 6.42 Å². The Bertz CT molecular complexity index is 170. The molecule has 1 aromatic heterocycles. The van der Waals surface area contributed by atoms with Crippen LogP contribution in [0.1, 0.15) is 5.01 Å². The van der Waals surface area contributed by atoms with Crippen molar-refractivity contribution in [2.75, 3.05) is 0 Å². The van der Waals surface area contributed by atoms with Crippen molar-refractivity contribution >= 4 is 11.3 Å². The predicted octanol–water partition coefficient (Wildman–Crippen LogP) is 1.12. The molecule has 0 spiro atoms. The summed E-state index contributed by atoms with van der Waals surface area (Å²) in [5.41, 5.74) is 0. The maximum atomic E-state index is 4.99. The summed E-state index contributed by atoms with van der Waals surface area (Å²) in [4.78, 5) is 3.82. The SMILES string of the molecule is C#Cc1nccs1. The highest BCUT2D eigenvalue weighted by Gasteiger charge is 1.81. The van der Waals surface area contributed by atoms with Gasteiger partial charge in [0.1, 0.15) is 0 Å². The highest BCUT2D eigenvalue weighted by molar-refractivity contribution is 7.10. The average molecular weight is 109 g/mol. The van der Waals surface area contributed by atoms with Crippen LogP contribution >= 0.6 is 11.3 Å². The lowest BCUT2D eigenvalue weighted by Crippen LogP contribution is -1.61. The van der Waals surface area contributed by atoms with Gasteiger partial charge in [-0.05, 0) is 5.92 Å². The normalized spacial score (nSPS) is 7.86. The van der Waals surface area contributed by atoms with E-state index in [9.17, 15) is 0 Å². The molecular formula is C5H3NS. The molecule has 2 heteroatoms. The monoisotopic (exact) mass is 109 g/mol. The van der Waals surface area contributed by atoms with Crippen molar-refractivity contribution in [3.63, 3.8) is 0 Å². The van der Waals surface area contributed by atoms with E-state index in [2.05, 4.69) is 10.9 Å². The molecule has 0 aromatic carbocycles. The smallest absolute Gasteiger partial charge is 0.166 e. The van der Waals surface area contributed by atoms with Gasteiger partial charge in [0.2, 0.25) is 0 Å². The summed E-state index contributed by atoms with van der Waals surface area (Å²) in [6, 6.07) is 0. The Morgan fingerprint density at radius 2 is 2.71 bits per heavy atom. The highest BCUT2D eigenvalue weighted by atomic mass is 32.1. The van der Waals surface area contributed by atoms with Gasteiger partial charge in [-0.3, -0.25) is 0 Å². The van der Waals surface area contributed by atoms with E-state index in [0.29, 0.717) is 0 Å². The van der Waals surface area contributed by atoms with E-state index < -0.39 is 0 Å². The van der Waals surface area contributed by atoms with E-state index >= 15 is 0 Å². The first-order chi connectivity index (χ1) is 3.43. The third kappa shape index (κ3) is 0.787. The summed E-state index contributed by atoms with van der Waals surface area (Å²) in [7, 11) is 0. The molecule has 0 fully saturated rings. The van der Waals surface area contributed by atoms with E-state index in [1.165, 1.54) is 11.3 Å². The summed E-state index contributed by atoms with van der Waals surface area (Å²) in [6.07, 6.45) is 6.69. The zero-order valence-corrected chi connectivity index (χ0v) is 4.40. The Morgan fingerprint density at radius 3 is 3.00 bits per heavy atom. The van der Waals surface area contributed by atoms with E-state index in [0.717, 1.165) is 5.01 Å². The predicted molar refractivity (Wildman–Crippen MR) is 30.0 cm³/mol. The first kappa shape index (κ1) is 4.35. The van der Waals surface area contributed by atoms with Crippen LogP contribution in [0.3, 0.4) is 0 Å². The van der Waals surface area contributed by atoms with Crippen LogP contribution in [0.15, 0.2) is 11.6 Å². The molecule has 7 heavy (non-hydrogen) atoms. The Morgan fingerprint density at radius 1 is 1.86 bits per heavy atom. The minimum absolute atomic E-state index is 0.750. The molecule has 0 bridgehead atoms. The molecule has 1 aromatic rings. The lowest BCUT2D eigenvalue weighted by molar-refractivity contribution is 1.39. The molecule has 0 saturated carbocycles.